The van der Waals surface area contributed by atoms with Gasteiger partial charge in [0.15, 0.2) is 0 Å². The normalized spacial score (nSPS) is 11.5. The van der Waals surface area contributed by atoms with Crippen LogP contribution < -0.4 is 3.58 Å². The predicted molar refractivity (Wildman–Crippen MR) is 74.8 cm³/mol. The zero-order chi connectivity index (χ0) is 12.5. The average molecular weight is 335 g/mol. The van der Waals surface area contributed by atoms with Gasteiger partial charge in [-0.1, -0.05) is 0 Å². The van der Waals surface area contributed by atoms with E-state index >= 15 is 0 Å². The Balaban J connectivity index is 2.33. The van der Waals surface area contributed by atoms with Crippen molar-refractivity contribution >= 4 is 22.0 Å². The first kappa shape index (κ1) is 12.6. The van der Waals surface area contributed by atoms with E-state index in [9.17, 15) is 4.39 Å². The van der Waals surface area contributed by atoms with Gasteiger partial charge >= 0.3 is 107 Å². The standard InChI is InChI=1S/C12H8F.3CH3.Sn/c13-12-8-6-11(7-9-12)10-4-2-1-3-5-10;;;;/h2-9H;3*1H3;. The van der Waals surface area contributed by atoms with Crippen molar-refractivity contribution < 1.29 is 4.39 Å². The Morgan fingerprint density at radius 3 is 1.53 bits per heavy atom. The van der Waals surface area contributed by atoms with Crippen molar-refractivity contribution in [3.63, 3.8) is 0 Å². The molecule has 88 valence electrons. The zero-order valence-corrected chi connectivity index (χ0v) is 13.4. The van der Waals surface area contributed by atoms with Gasteiger partial charge in [-0.2, -0.15) is 0 Å². The van der Waals surface area contributed by atoms with Crippen LogP contribution >= 0.6 is 0 Å². The Bertz CT molecular complexity index is 492. The second-order valence-electron chi connectivity index (χ2n) is 5.33. The summed E-state index contributed by atoms with van der Waals surface area (Å²) in [6.07, 6.45) is 0. The molecule has 0 aliphatic carbocycles. The van der Waals surface area contributed by atoms with E-state index in [1.54, 1.807) is 0 Å². The van der Waals surface area contributed by atoms with E-state index in [-0.39, 0.29) is 5.82 Å². The molecule has 0 nitrogen and oxygen atoms in total. The van der Waals surface area contributed by atoms with Crippen molar-refractivity contribution in [2.24, 2.45) is 0 Å². The van der Waals surface area contributed by atoms with Crippen LogP contribution in [0.2, 0.25) is 14.8 Å². The molecule has 0 aromatic heterocycles. The number of rotatable bonds is 2. The molecule has 0 amide bonds. The van der Waals surface area contributed by atoms with Crippen LogP contribution in [0.3, 0.4) is 0 Å². The predicted octanol–water partition coefficient (Wildman–Crippen LogP) is 4.04. The average Bonchev–Trinajstić information content (AvgIpc) is 2.29. The Labute approximate surface area is 106 Å². The summed E-state index contributed by atoms with van der Waals surface area (Å²) in [4.78, 5) is 7.21. The van der Waals surface area contributed by atoms with Gasteiger partial charge in [-0.05, 0) is 0 Å². The number of hydrogen-bond donors (Lipinski definition) is 0. The van der Waals surface area contributed by atoms with Gasteiger partial charge in [0.2, 0.25) is 0 Å². The third-order valence-electron chi connectivity index (χ3n) is 2.93. The van der Waals surface area contributed by atoms with Crippen LogP contribution in [0.4, 0.5) is 4.39 Å². The van der Waals surface area contributed by atoms with E-state index in [0.717, 1.165) is 11.1 Å². The molecule has 2 rings (SSSR count). The summed E-state index contributed by atoms with van der Waals surface area (Å²) < 4.78 is 14.3. The van der Waals surface area contributed by atoms with Gasteiger partial charge < -0.3 is 0 Å². The van der Waals surface area contributed by atoms with Gasteiger partial charge in [-0.3, -0.25) is 0 Å². The fourth-order valence-electron chi connectivity index (χ4n) is 1.81. The quantitative estimate of drug-likeness (QED) is 0.727. The third-order valence-corrected chi connectivity index (χ3v) is 8.82. The summed E-state index contributed by atoms with van der Waals surface area (Å²) in [5.41, 5.74) is 2.23. The molecule has 0 N–H and O–H groups in total. The van der Waals surface area contributed by atoms with Crippen LogP contribution in [0.1, 0.15) is 0 Å². The molecular weight excluding hydrogens is 318 g/mol. The fraction of sp³-hybridized carbons (Fsp3) is 0.200. The first-order valence-corrected chi connectivity index (χ1v) is 15.8. The zero-order valence-electron chi connectivity index (χ0n) is 10.5. The van der Waals surface area contributed by atoms with Crippen molar-refractivity contribution in [1.82, 2.24) is 0 Å². The van der Waals surface area contributed by atoms with Gasteiger partial charge in [0, 0.05) is 0 Å². The molecule has 2 aromatic carbocycles. The van der Waals surface area contributed by atoms with Gasteiger partial charge in [0.25, 0.3) is 0 Å². The maximum absolute atomic E-state index is 12.8. The molecule has 0 bridgehead atoms. The van der Waals surface area contributed by atoms with Crippen molar-refractivity contribution in [3.8, 4) is 11.1 Å². The molecule has 0 aliphatic heterocycles. The second-order valence-corrected chi connectivity index (χ2v) is 19.8. The molecule has 0 saturated heterocycles. The Hall–Kier alpha value is -0.831. The first-order chi connectivity index (χ1) is 7.97. The minimum atomic E-state index is -1.94. The van der Waals surface area contributed by atoms with Gasteiger partial charge in [-0.15, -0.1) is 0 Å². The third kappa shape index (κ3) is 3.09. The number of halogens is 1. The number of hydrogen-bond acceptors (Lipinski definition) is 0. The van der Waals surface area contributed by atoms with Crippen LogP contribution in [-0.2, 0) is 0 Å². The second kappa shape index (κ2) is 4.81. The van der Waals surface area contributed by atoms with Crippen molar-refractivity contribution in [1.29, 1.82) is 0 Å². The molecule has 17 heavy (non-hydrogen) atoms. The van der Waals surface area contributed by atoms with Crippen molar-refractivity contribution in [2.75, 3.05) is 0 Å². The van der Waals surface area contributed by atoms with E-state index in [2.05, 4.69) is 39.1 Å². The molecule has 2 aromatic rings. The topological polar surface area (TPSA) is 0 Å². The molecule has 0 heterocycles. The molecule has 2 heteroatoms. The maximum atomic E-state index is 12.8. The van der Waals surface area contributed by atoms with Crippen LogP contribution in [-0.4, -0.2) is 18.4 Å². The summed E-state index contributed by atoms with van der Waals surface area (Å²) in [5, 5.41) is 0. The Kier molecular flexibility index (Phi) is 3.57. The molecule has 0 unspecified atom stereocenters. The van der Waals surface area contributed by atoms with Crippen LogP contribution in [0.25, 0.3) is 11.1 Å². The first-order valence-electron chi connectivity index (χ1n) is 5.83. The summed E-state index contributed by atoms with van der Waals surface area (Å²) >= 11 is -1.94. The minimum absolute atomic E-state index is 0.184. The van der Waals surface area contributed by atoms with Crippen LogP contribution in [0.15, 0.2) is 48.5 Å². The number of benzene rings is 2. The molecule has 0 fully saturated rings. The molecular formula is C15H17FSn. The van der Waals surface area contributed by atoms with Crippen LogP contribution in [0, 0.1) is 5.82 Å². The summed E-state index contributed by atoms with van der Waals surface area (Å²) in [5.74, 6) is -0.184. The SMILES string of the molecule is [CH3][Sn]([CH3])([CH3])[c]1ccc(-c2ccc(F)cc2)cc1. The van der Waals surface area contributed by atoms with Gasteiger partial charge in [0.05, 0.1) is 0 Å². The van der Waals surface area contributed by atoms with E-state index < -0.39 is 18.4 Å². The fourth-order valence-corrected chi connectivity index (χ4v) is 5.13. The van der Waals surface area contributed by atoms with E-state index in [0.29, 0.717) is 0 Å². The summed E-state index contributed by atoms with van der Waals surface area (Å²) in [6, 6.07) is 15.4. The monoisotopic (exact) mass is 336 g/mol. The molecule has 0 radical (unpaired) electrons. The Morgan fingerprint density at radius 1 is 0.706 bits per heavy atom. The van der Waals surface area contributed by atoms with Crippen molar-refractivity contribution in [2.45, 2.75) is 14.8 Å². The van der Waals surface area contributed by atoms with Gasteiger partial charge in [0.1, 0.15) is 0 Å². The van der Waals surface area contributed by atoms with Gasteiger partial charge in [-0.25, -0.2) is 0 Å². The molecule has 0 spiro atoms. The van der Waals surface area contributed by atoms with Crippen molar-refractivity contribution in [3.05, 3.63) is 54.3 Å². The Morgan fingerprint density at radius 2 is 1.12 bits per heavy atom. The molecule has 0 saturated carbocycles. The van der Waals surface area contributed by atoms with E-state index in [4.69, 9.17) is 0 Å². The summed E-state index contributed by atoms with van der Waals surface area (Å²) in [7, 11) is 0. The van der Waals surface area contributed by atoms with E-state index in [1.165, 1.54) is 15.7 Å². The molecule has 0 atom stereocenters. The van der Waals surface area contributed by atoms with Crippen LogP contribution in [0.5, 0.6) is 0 Å². The van der Waals surface area contributed by atoms with E-state index in [1.807, 2.05) is 12.1 Å². The summed E-state index contributed by atoms with van der Waals surface area (Å²) in [6.45, 7) is 0. The molecule has 0 aliphatic rings.